The van der Waals surface area contributed by atoms with Crippen LogP contribution in [0, 0.1) is 0 Å². The number of benzene rings is 2. The molecule has 4 rings (SSSR count). The number of hydrogen-bond donors (Lipinski definition) is 0. The smallest absolute Gasteiger partial charge is 0.199 e. The summed E-state index contributed by atoms with van der Waals surface area (Å²) in [4.78, 5) is 15.5. The molecule has 0 amide bonds. The molecular formula is C22H22ClNO4. The molecule has 0 N–H and O–H groups in total. The Hall–Kier alpha value is -2.53. The molecule has 6 heteroatoms. The average molecular weight is 400 g/mol. The molecule has 2 aromatic carbocycles. The fraction of sp³-hybridized carbons (Fsp3) is 0.364. The quantitative estimate of drug-likeness (QED) is 0.514. The number of carbonyl (C=O) groups is 1. The zero-order valence-corrected chi connectivity index (χ0v) is 16.5. The zero-order valence-electron chi connectivity index (χ0n) is 15.7. The minimum absolute atomic E-state index is 0.244. The summed E-state index contributed by atoms with van der Waals surface area (Å²) >= 11 is 6.14. The third-order valence-corrected chi connectivity index (χ3v) is 5.28. The molecule has 28 heavy (non-hydrogen) atoms. The third-order valence-electron chi connectivity index (χ3n) is 5.06. The number of carbonyl (C=O) groups excluding carboxylic acids is 1. The van der Waals surface area contributed by atoms with Gasteiger partial charge >= 0.3 is 0 Å². The number of aromatic nitrogens is 1. The highest BCUT2D eigenvalue weighted by Crippen LogP contribution is 2.33. The highest BCUT2D eigenvalue weighted by molar-refractivity contribution is 6.31. The molecule has 1 heterocycles. The standard InChI is InChI=1S/C22H22ClNO4/c1-26-19-7-6-14(10-20(19)27-17-4-2-3-5-17)11-21-24-18-13-16(23)12-15(8-9-25)22(18)28-21/h6-7,9-10,12-13,17H,2-5,8,11H2,1H3. The molecule has 0 atom stereocenters. The van der Waals surface area contributed by atoms with Crippen molar-refractivity contribution in [3.8, 4) is 11.5 Å². The highest BCUT2D eigenvalue weighted by atomic mass is 35.5. The summed E-state index contributed by atoms with van der Waals surface area (Å²) in [6, 6.07) is 9.38. The van der Waals surface area contributed by atoms with E-state index in [0.717, 1.165) is 41.8 Å². The molecule has 1 fully saturated rings. The summed E-state index contributed by atoms with van der Waals surface area (Å²) in [6.45, 7) is 0. The van der Waals surface area contributed by atoms with Crippen LogP contribution in [0.15, 0.2) is 34.7 Å². The van der Waals surface area contributed by atoms with E-state index in [0.29, 0.717) is 28.4 Å². The summed E-state index contributed by atoms with van der Waals surface area (Å²) < 4.78 is 17.6. The summed E-state index contributed by atoms with van der Waals surface area (Å²) in [7, 11) is 1.65. The molecule has 1 saturated carbocycles. The Bertz CT molecular complexity index is 992. The van der Waals surface area contributed by atoms with E-state index >= 15 is 0 Å². The molecule has 1 aliphatic carbocycles. The summed E-state index contributed by atoms with van der Waals surface area (Å²) in [5.41, 5.74) is 3.04. The molecule has 5 nitrogen and oxygen atoms in total. The van der Waals surface area contributed by atoms with Crippen LogP contribution in [0.25, 0.3) is 11.1 Å². The fourth-order valence-electron chi connectivity index (χ4n) is 3.71. The second-order valence-corrected chi connectivity index (χ2v) is 7.51. The topological polar surface area (TPSA) is 61.6 Å². The van der Waals surface area contributed by atoms with Crippen molar-refractivity contribution in [2.24, 2.45) is 0 Å². The molecular weight excluding hydrogens is 378 g/mol. The van der Waals surface area contributed by atoms with Gasteiger partial charge in [0.25, 0.3) is 0 Å². The molecule has 0 bridgehead atoms. The lowest BCUT2D eigenvalue weighted by molar-refractivity contribution is -0.107. The lowest BCUT2D eigenvalue weighted by Gasteiger charge is -2.16. The number of fused-ring (bicyclic) bond motifs is 1. The van der Waals surface area contributed by atoms with Crippen molar-refractivity contribution < 1.29 is 18.7 Å². The van der Waals surface area contributed by atoms with Gasteiger partial charge in [0.2, 0.25) is 0 Å². The molecule has 1 aromatic heterocycles. The predicted octanol–water partition coefficient (Wildman–Crippen LogP) is 5.14. The van der Waals surface area contributed by atoms with Gasteiger partial charge in [0, 0.05) is 23.4 Å². The van der Waals surface area contributed by atoms with Crippen LogP contribution >= 0.6 is 11.6 Å². The van der Waals surface area contributed by atoms with Crippen LogP contribution in [0.2, 0.25) is 5.02 Å². The zero-order chi connectivity index (χ0) is 19.5. The van der Waals surface area contributed by atoms with Crippen LogP contribution in [0.1, 0.15) is 42.7 Å². The van der Waals surface area contributed by atoms with Crippen LogP contribution in [-0.4, -0.2) is 24.5 Å². The molecule has 146 valence electrons. The van der Waals surface area contributed by atoms with E-state index in [-0.39, 0.29) is 12.5 Å². The second kappa shape index (κ2) is 8.23. The maximum atomic E-state index is 10.9. The molecule has 1 aliphatic rings. The maximum Gasteiger partial charge on any atom is 0.199 e. The van der Waals surface area contributed by atoms with Crippen molar-refractivity contribution in [1.82, 2.24) is 4.98 Å². The Morgan fingerprint density at radius 1 is 1.21 bits per heavy atom. The third kappa shape index (κ3) is 3.99. The van der Waals surface area contributed by atoms with Crippen molar-refractivity contribution in [3.05, 3.63) is 52.4 Å². The van der Waals surface area contributed by atoms with Gasteiger partial charge in [0.1, 0.15) is 11.8 Å². The summed E-state index contributed by atoms with van der Waals surface area (Å²) in [5.74, 6) is 2.06. The average Bonchev–Trinajstić information content (AvgIpc) is 3.32. The highest BCUT2D eigenvalue weighted by Gasteiger charge is 2.19. The normalized spacial score (nSPS) is 14.5. The minimum Gasteiger partial charge on any atom is -0.493 e. The summed E-state index contributed by atoms with van der Waals surface area (Å²) in [6.07, 6.45) is 6.43. The van der Waals surface area contributed by atoms with Crippen LogP contribution in [0.3, 0.4) is 0 Å². The Morgan fingerprint density at radius 2 is 2.04 bits per heavy atom. The van der Waals surface area contributed by atoms with Gasteiger partial charge in [-0.15, -0.1) is 0 Å². The monoisotopic (exact) mass is 399 g/mol. The molecule has 3 aromatic rings. The van der Waals surface area contributed by atoms with Crippen molar-refractivity contribution in [1.29, 1.82) is 0 Å². The molecule has 0 saturated heterocycles. The maximum absolute atomic E-state index is 10.9. The van der Waals surface area contributed by atoms with Gasteiger partial charge in [-0.1, -0.05) is 17.7 Å². The van der Waals surface area contributed by atoms with Gasteiger partial charge in [-0.2, -0.15) is 0 Å². The Kier molecular flexibility index (Phi) is 5.53. The summed E-state index contributed by atoms with van der Waals surface area (Å²) in [5, 5.41) is 0.542. The van der Waals surface area contributed by atoms with E-state index in [4.69, 9.17) is 25.5 Å². The first-order chi connectivity index (χ1) is 13.7. The van der Waals surface area contributed by atoms with Gasteiger partial charge < -0.3 is 18.7 Å². The van der Waals surface area contributed by atoms with Crippen LogP contribution in [0.4, 0.5) is 0 Å². The number of hydrogen-bond acceptors (Lipinski definition) is 5. The van der Waals surface area contributed by atoms with Crippen molar-refractivity contribution in [3.63, 3.8) is 0 Å². The lowest BCUT2D eigenvalue weighted by Crippen LogP contribution is -2.11. The minimum atomic E-state index is 0.244. The number of ether oxygens (including phenoxy) is 2. The van der Waals surface area contributed by atoms with Gasteiger partial charge in [-0.3, -0.25) is 0 Å². The Morgan fingerprint density at radius 3 is 2.79 bits per heavy atom. The SMILES string of the molecule is COc1ccc(Cc2nc3cc(Cl)cc(CC=O)c3o2)cc1OC1CCCC1. The van der Waals surface area contributed by atoms with Crippen molar-refractivity contribution in [2.75, 3.05) is 7.11 Å². The lowest BCUT2D eigenvalue weighted by atomic mass is 10.1. The van der Waals surface area contributed by atoms with Gasteiger partial charge in [-0.05, 0) is 55.5 Å². The number of halogens is 1. The van der Waals surface area contributed by atoms with E-state index in [1.807, 2.05) is 18.2 Å². The van der Waals surface area contributed by atoms with Crippen molar-refractivity contribution in [2.45, 2.75) is 44.6 Å². The second-order valence-electron chi connectivity index (χ2n) is 7.08. The number of oxazole rings is 1. The predicted molar refractivity (Wildman–Crippen MR) is 107 cm³/mol. The van der Waals surface area contributed by atoms with E-state index in [1.165, 1.54) is 12.8 Å². The van der Waals surface area contributed by atoms with Crippen LogP contribution in [-0.2, 0) is 17.6 Å². The number of aldehydes is 1. The Labute approximate surface area is 168 Å². The first-order valence-electron chi connectivity index (χ1n) is 9.51. The van der Waals surface area contributed by atoms with Crippen LogP contribution in [0.5, 0.6) is 11.5 Å². The largest absolute Gasteiger partial charge is 0.493 e. The van der Waals surface area contributed by atoms with Crippen molar-refractivity contribution >= 4 is 29.0 Å². The van der Waals surface area contributed by atoms with E-state index in [1.54, 1.807) is 19.2 Å². The number of methoxy groups -OCH3 is 1. The first-order valence-corrected chi connectivity index (χ1v) is 9.89. The fourth-order valence-corrected chi connectivity index (χ4v) is 3.95. The Balaban J connectivity index is 1.61. The number of nitrogens with zero attached hydrogens (tertiary/aromatic N) is 1. The molecule has 0 unspecified atom stereocenters. The van der Waals surface area contributed by atoms with E-state index < -0.39 is 0 Å². The molecule has 0 radical (unpaired) electrons. The number of rotatable bonds is 7. The molecule has 0 spiro atoms. The molecule has 0 aliphatic heterocycles. The van der Waals surface area contributed by atoms with E-state index in [2.05, 4.69) is 4.98 Å². The first kappa shape index (κ1) is 18.8. The van der Waals surface area contributed by atoms with Gasteiger partial charge in [0.15, 0.2) is 23.0 Å². The van der Waals surface area contributed by atoms with Crippen LogP contribution < -0.4 is 9.47 Å². The van der Waals surface area contributed by atoms with Gasteiger partial charge in [0.05, 0.1) is 13.2 Å². The van der Waals surface area contributed by atoms with Gasteiger partial charge in [-0.25, -0.2) is 4.98 Å². The van der Waals surface area contributed by atoms with E-state index in [9.17, 15) is 4.79 Å².